The molecule has 1 N–H and O–H groups in total. The Bertz CT molecular complexity index is 128. The second-order valence-electron chi connectivity index (χ2n) is 1.58. The highest BCUT2D eigenvalue weighted by Crippen LogP contribution is 1.77. The molecule has 0 aromatic carbocycles. The van der Waals surface area contributed by atoms with Crippen LogP contribution >= 0.6 is 0 Å². The molecule has 0 atom stereocenters. The van der Waals surface area contributed by atoms with Crippen molar-refractivity contribution in [1.82, 2.24) is 0 Å². The fourth-order valence-electron chi connectivity index (χ4n) is 0.368. The van der Waals surface area contributed by atoms with Gasteiger partial charge in [0.1, 0.15) is 0 Å². The first-order valence-electron chi connectivity index (χ1n) is 3.05. The maximum absolute atomic E-state index is 8.32. The quantitative estimate of drug-likeness (QED) is 0.448. The van der Waals surface area contributed by atoms with Crippen molar-refractivity contribution in [2.24, 2.45) is 0 Å². The third kappa shape index (κ3) is 7.22. The van der Waals surface area contributed by atoms with E-state index < -0.39 is 0 Å². The SMILES string of the molecule is C/C=C\C=C=CCCO. The van der Waals surface area contributed by atoms with Crippen molar-refractivity contribution < 1.29 is 5.11 Å². The van der Waals surface area contributed by atoms with Gasteiger partial charge in [0.2, 0.25) is 0 Å². The molecule has 0 aromatic heterocycles. The zero-order chi connectivity index (χ0) is 6.95. The Balaban J connectivity index is 3.41. The molecule has 0 amide bonds. The van der Waals surface area contributed by atoms with Gasteiger partial charge in [-0.15, -0.1) is 5.73 Å². The van der Waals surface area contributed by atoms with Crippen LogP contribution in [0.4, 0.5) is 0 Å². The fraction of sp³-hybridized carbons (Fsp3) is 0.375. The Kier molecular flexibility index (Phi) is 6.59. The van der Waals surface area contributed by atoms with Crippen LogP contribution in [-0.4, -0.2) is 11.7 Å². The Morgan fingerprint density at radius 3 is 2.89 bits per heavy atom. The average Bonchev–Trinajstić information content (AvgIpc) is 1.89. The molecule has 0 radical (unpaired) electrons. The zero-order valence-electron chi connectivity index (χ0n) is 5.67. The van der Waals surface area contributed by atoms with Crippen molar-refractivity contribution in [3.8, 4) is 0 Å². The van der Waals surface area contributed by atoms with Crippen molar-refractivity contribution in [1.29, 1.82) is 0 Å². The summed E-state index contributed by atoms with van der Waals surface area (Å²) >= 11 is 0. The van der Waals surface area contributed by atoms with Crippen molar-refractivity contribution in [3.63, 3.8) is 0 Å². The number of hydrogen-bond acceptors (Lipinski definition) is 1. The van der Waals surface area contributed by atoms with Crippen molar-refractivity contribution in [3.05, 3.63) is 30.0 Å². The van der Waals surface area contributed by atoms with E-state index in [0.29, 0.717) is 6.42 Å². The minimum absolute atomic E-state index is 0.205. The fourth-order valence-corrected chi connectivity index (χ4v) is 0.368. The lowest BCUT2D eigenvalue weighted by Gasteiger charge is -1.75. The summed E-state index contributed by atoms with van der Waals surface area (Å²) in [5, 5.41) is 8.32. The summed E-state index contributed by atoms with van der Waals surface area (Å²) < 4.78 is 0. The van der Waals surface area contributed by atoms with Gasteiger partial charge >= 0.3 is 0 Å². The molecule has 0 aromatic rings. The number of hydrogen-bond donors (Lipinski definition) is 1. The van der Waals surface area contributed by atoms with Gasteiger partial charge in [-0.05, 0) is 25.5 Å². The Hall–Kier alpha value is -0.780. The summed E-state index contributed by atoms with van der Waals surface area (Å²) in [6, 6.07) is 0. The third-order valence-electron chi connectivity index (χ3n) is 0.776. The van der Waals surface area contributed by atoms with E-state index in [4.69, 9.17) is 5.11 Å². The molecule has 0 rings (SSSR count). The molecular weight excluding hydrogens is 112 g/mol. The number of allylic oxidation sites excluding steroid dienone is 2. The molecule has 1 nitrogen and oxygen atoms in total. The van der Waals surface area contributed by atoms with Gasteiger partial charge < -0.3 is 5.11 Å². The van der Waals surface area contributed by atoms with E-state index in [1.165, 1.54) is 0 Å². The molecule has 0 aliphatic heterocycles. The second kappa shape index (κ2) is 7.22. The first-order valence-corrected chi connectivity index (χ1v) is 3.05. The van der Waals surface area contributed by atoms with Gasteiger partial charge in [-0.1, -0.05) is 12.2 Å². The van der Waals surface area contributed by atoms with E-state index in [-0.39, 0.29) is 6.61 Å². The highest BCUT2D eigenvalue weighted by molar-refractivity contribution is 5.00. The Labute approximate surface area is 56.0 Å². The molecule has 1 heteroatoms. The molecule has 9 heavy (non-hydrogen) atoms. The predicted octanol–water partition coefficient (Wildman–Crippen LogP) is 1.66. The summed E-state index contributed by atoms with van der Waals surface area (Å²) in [7, 11) is 0. The van der Waals surface area contributed by atoms with Crippen LogP contribution in [-0.2, 0) is 0 Å². The maximum Gasteiger partial charge on any atom is 0.0471 e. The Morgan fingerprint density at radius 2 is 2.33 bits per heavy atom. The van der Waals surface area contributed by atoms with Crippen molar-refractivity contribution >= 4 is 0 Å². The van der Waals surface area contributed by atoms with Gasteiger partial charge in [-0.3, -0.25) is 0 Å². The largest absolute Gasteiger partial charge is 0.396 e. The smallest absolute Gasteiger partial charge is 0.0471 e. The number of rotatable bonds is 3. The van der Waals surface area contributed by atoms with Gasteiger partial charge in [0.05, 0.1) is 0 Å². The lowest BCUT2D eigenvalue weighted by atomic mass is 10.4. The van der Waals surface area contributed by atoms with E-state index in [2.05, 4.69) is 5.73 Å². The summed E-state index contributed by atoms with van der Waals surface area (Å²) in [5.74, 6) is 0. The number of aliphatic hydroxyl groups is 1. The average molecular weight is 124 g/mol. The third-order valence-corrected chi connectivity index (χ3v) is 0.776. The predicted molar refractivity (Wildman–Crippen MR) is 39.2 cm³/mol. The zero-order valence-corrected chi connectivity index (χ0v) is 5.67. The normalized spacial score (nSPS) is 9.11. The first-order chi connectivity index (χ1) is 4.41. The van der Waals surface area contributed by atoms with E-state index in [1.807, 2.05) is 25.2 Å². The lowest BCUT2D eigenvalue weighted by Crippen LogP contribution is -1.72. The van der Waals surface area contributed by atoms with Gasteiger partial charge in [0.15, 0.2) is 0 Å². The molecule has 0 unspecified atom stereocenters. The van der Waals surface area contributed by atoms with E-state index >= 15 is 0 Å². The van der Waals surface area contributed by atoms with E-state index in [0.717, 1.165) is 0 Å². The van der Waals surface area contributed by atoms with Crippen LogP contribution in [0.25, 0.3) is 0 Å². The minimum atomic E-state index is 0.205. The highest BCUT2D eigenvalue weighted by atomic mass is 16.2. The van der Waals surface area contributed by atoms with Crippen LogP contribution in [0.3, 0.4) is 0 Å². The van der Waals surface area contributed by atoms with Crippen LogP contribution in [0.2, 0.25) is 0 Å². The molecule has 0 bridgehead atoms. The first kappa shape index (κ1) is 8.22. The van der Waals surface area contributed by atoms with Gasteiger partial charge in [-0.25, -0.2) is 0 Å². The van der Waals surface area contributed by atoms with Gasteiger partial charge in [0, 0.05) is 6.61 Å². The summed E-state index contributed by atoms with van der Waals surface area (Å²) in [6.07, 6.45) is 8.14. The van der Waals surface area contributed by atoms with Gasteiger partial charge in [0.25, 0.3) is 0 Å². The molecule has 0 heterocycles. The monoisotopic (exact) mass is 124 g/mol. The molecule has 0 spiro atoms. The molecule has 0 aliphatic carbocycles. The van der Waals surface area contributed by atoms with Crippen LogP contribution in [0.15, 0.2) is 30.0 Å². The molecule has 50 valence electrons. The van der Waals surface area contributed by atoms with Gasteiger partial charge in [-0.2, -0.15) is 0 Å². The summed E-state index contributed by atoms with van der Waals surface area (Å²) in [5.41, 5.74) is 2.89. The van der Waals surface area contributed by atoms with Crippen molar-refractivity contribution in [2.75, 3.05) is 6.61 Å². The topological polar surface area (TPSA) is 20.2 Å². The van der Waals surface area contributed by atoms with Crippen LogP contribution in [0.1, 0.15) is 13.3 Å². The van der Waals surface area contributed by atoms with E-state index in [9.17, 15) is 0 Å². The molecule has 0 aliphatic rings. The van der Waals surface area contributed by atoms with Crippen LogP contribution in [0, 0.1) is 0 Å². The molecule has 0 saturated heterocycles. The highest BCUT2D eigenvalue weighted by Gasteiger charge is 1.66. The van der Waals surface area contributed by atoms with Crippen molar-refractivity contribution in [2.45, 2.75) is 13.3 Å². The van der Waals surface area contributed by atoms with Crippen LogP contribution in [0.5, 0.6) is 0 Å². The maximum atomic E-state index is 8.32. The minimum Gasteiger partial charge on any atom is -0.396 e. The van der Waals surface area contributed by atoms with Crippen LogP contribution < -0.4 is 0 Å². The number of aliphatic hydroxyl groups excluding tert-OH is 1. The summed E-state index contributed by atoms with van der Waals surface area (Å²) in [4.78, 5) is 0. The Morgan fingerprint density at radius 1 is 1.56 bits per heavy atom. The molecule has 0 saturated carbocycles. The standard InChI is InChI=1S/C8H12O/c1-2-3-4-5-6-7-8-9/h2-4,6,9H,7-8H2,1H3/b3-2-. The molecule has 0 fully saturated rings. The van der Waals surface area contributed by atoms with E-state index in [1.54, 1.807) is 6.08 Å². The second-order valence-corrected chi connectivity index (χ2v) is 1.58. The lowest BCUT2D eigenvalue weighted by molar-refractivity contribution is 0.302. The summed E-state index contributed by atoms with van der Waals surface area (Å²) in [6.45, 7) is 2.15. The molecular formula is C8H12O.